The molecule has 1 heterocycles. The number of nitrogens with zero attached hydrogens (tertiary/aromatic N) is 3. The van der Waals surface area contributed by atoms with Gasteiger partial charge in [-0.1, -0.05) is 0 Å². The summed E-state index contributed by atoms with van der Waals surface area (Å²) in [5, 5.41) is 0. The molecule has 0 unspecified atom stereocenters. The van der Waals surface area contributed by atoms with E-state index in [1.165, 1.54) is 9.80 Å². The molecule has 1 fully saturated rings. The fourth-order valence-corrected chi connectivity index (χ4v) is 2.53. The molecular formula is C14H20F3N3O. The lowest BCUT2D eigenvalue weighted by atomic mass is 10.1. The Morgan fingerprint density at radius 1 is 0.810 bits per heavy atom. The Bertz CT molecular complexity index is 494. The summed E-state index contributed by atoms with van der Waals surface area (Å²) in [5.74, 6) is -3.77. The number of hydrogen-bond acceptors (Lipinski definition) is 4. The molecule has 118 valence electrons. The predicted molar refractivity (Wildman–Crippen MR) is 78.0 cm³/mol. The highest BCUT2D eigenvalue weighted by atomic mass is 19.2. The zero-order valence-electron chi connectivity index (χ0n) is 12.7. The Hall–Kier alpha value is -1.63. The largest absolute Gasteiger partial charge is 0.378 e. The molecule has 0 bridgehead atoms. The summed E-state index contributed by atoms with van der Waals surface area (Å²) in [5.41, 5.74) is 0.476. The number of ether oxygens (including phenoxy) is 1. The number of morpholine rings is 1. The van der Waals surface area contributed by atoms with E-state index < -0.39 is 17.5 Å². The molecule has 0 N–H and O–H groups in total. The highest BCUT2D eigenvalue weighted by Gasteiger charge is 2.30. The normalized spacial score (nSPS) is 15.3. The second kappa shape index (κ2) is 6.01. The minimum absolute atomic E-state index is 0.0551. The summed E-state index contributed by atoms with van der Waals surface area (Å²) in [7, 11) is 6.44. The van der Waals surface area contributed by atoms with Crippen LogP contribution in [0.5, 0.6) is 0 Å². The van der Waals surface area contributed by atoms with Crippen molar-refractivity contribution >= 4 is 17.1 Å². The van der Waals surface area contributed by atoms with E-state index in [1.54, 1.807) is 28.2 Å². The zero-order valence-corrected chi connectivity index (χ0v) is 12.7. The van der Waals surface area contributed by atoms with Gasteiger partial charge in [0.05, 0.1) is 18.9 Å². The van der Waals surface area contributed by atoms with Crippen molar-refractivity contribution in [2.45, 2.75) is 0 Å². The van der Waals surface area contributed by atoms with Crippen molar-refractivity contribution in [3.05, 3.63) is 17.5 Å². The van der Waals surface area contributed by atoms with Gasteiger partial charge in [-0.3, -0.25) is 0 Å². The van der Waals surface area contributed by atoms with E-state index in [0.717, 1.165) is 0 Å². The van der Waals surface area contributed by atoms with Gasteiger partial charge in [0.25, 0.3) is 0 Å². The molecule has 0 atom stereocenters. The van der Waals surface area contributed by atoms with Crippen molar-refractivity contribution in [2.75, 3.05) is 69.2 Å². The summed E-state index contributed by atoms with van der Waals surface area (Å²) >= 11 is 0. The van der Waals surface area contributed by atoms with Gasteiger partial charge in [-0.05, 0) is 0 Å². The summed E-state index contributed by atoms with van der Waals surface area (Å²) in [4.78, 5) is 4.77. The maximum absolute atomic E-state index is 14.2. The number of rotatable bonds is 3. The van der Waals surface area contributed by atoms with E-state index in [2.05, 4.69) is 0 Å². The predicted octanol–water partition coefficient (Wildman–Crippen LogP) is 2.07. The van der Waals surface area contributed by atoms with E-state index >= 15 is 0 Å². The first-order valence-corrected chi connectivity index (χ1v) is 6.74. The van der Waals surface area contributed by atoms with Gasteiger partial charge >= 0.3 is 0 Å². The third kappa shape index (κ3) is 2.74. The van der Waals surface area contributed by atoms with Crippen LogP contribution in [0.1, 0.15) is 0 Å². The molecular weight excluding hydrogens is 283 g/mol. The summed E-state index contributed by atoms with van der Waals surface area (Å²) in [6.07, 6.45) is 0. The van der Waals surface area contributed by atoms with Crippen molar-refractivity contribution in [1.29, 1.82) is 0 Å². The molecule has 0 radical (unpaired) electrons. The second-order valence-electron chi connectivity index (χ2n) is 5.38. The molecule has 1 aromatic carbocycles. The molecule has 21 heavy (non-hydrogen) atoms. The standard InChI is InChI=1S/C14H20F3N3O/c1-18(2)12-10(16)9(15)11(17)13(19(3)4)14(12)20-5-7-21-8-6-20/h5-8H2,1-4H3. The third-order valence-electron chi connectivity index (χ3n) is 3.47. The van der Waals surface area contributed by atoms with Crippen LogP contribution < -0.4 is 14.7 Å². The molecule has 0 amide bonds. The summed E-state index contributed by atoms with van der Waals surface area (Å²) in [6.45, 7) is 1.96. The highest BCUT2D eigenvalue weighted by Crippen LogP contribution is 2.43. The van der Waals surface area contributed by atoms with Crippen LogP contribution >= 0.6 is 0 Å². The van der Waals surface area contributed by atoms with Crippen molar-refractivity contribution in [3.63, 3.8) is 0 Å². The van der Waals surface area contributed by atoms with Crippen LogP contribution in [0.15, 0.2) is 0 Å². The quantitative estimate of drug-likeness (QED) is 0.796. The van der Waals surface area contributed by atoms with Crippen LogP contribution in [0, 0.1) is 17.5 Å². The minimum Gasteiger partial charge on any atom is -0.378 e. The van der Waals surface area contributed by atoms with E-state index in [9.17, 15) is 13.2 Å². The lowest BCUT2D eigenvalue weighted by Crippen LogP contribution is -2.38. The molecule has 0 spiro atoms. The number of anilines is 3. The van der Waals surface area contributed by atoms with Gasteiger partial charge in [0, 0.05) is 41.3 Å². The Kier molecular flexibility index (Phi) is 4.51. The van der Waals surface area contributed by atoms with Crippen molar-refractivity contribution in [3.8, 4) is 0 Å². The maximum Gasteiger partial charge on any atom is 0.198 e. The fraction of sp³-hybridized carbons (Fsp3) is 0.571. The van der Waals surface area contributed by atoms with E-state index in [1.807, 2.05) is 4.90 Å². The molecule has 1 saturated heterocycles. The third-order valence-corrected chi connectivity index (χ3v) is 3.47. The molecule has 1 aromatic rings. The Morgan fingerprint density at radius 3 is 1.62 bits per heavy atom. The van der Waals surface area contributed by atoms with Gasteiger partial charge < -0.3 is 19.4 Å². The zero-order chi connectivity index (χ0) is 15.7. The molecule has 1 aliphatic rings. The number of benzene rings is 1. The van der Waals surface area contributed by atoms with Crippen LogP contribution in [0.2, 0.25) is 0 Å². The van der Waals surface area contributed by atoms with Gasteiger partial charge in [0.2, 0.25) is 0 Å². The SMILES string of the molecule is CN(C)c1c(F)c(F)c(F)c(N(C)C)c1N1CCOCC1. The maximum atomic E-state index is 14.2. The van der Waals surface area contributed by atoms with Gasteiger partial charge in [0.15, 0.2) is 17.5 Å². The van der Waals surface area contributed by atoms with Crippen LogP contribution in [0.25, 0.3) is 0 Å². The molecule has 7 heteroatoms. The van der Waals surface area contributed by atoms with Gasteiger partial charge in [0.1, 0.15) is 11.4 Å². The average molecular weight is 303 g/mol. The van der Waals surface area contributed by atoms with Crippen LogP contribution in [0.3, 0.4) is 0 Å². The number of halogens is 3. The fourth-order valence-electron chi connectivity index (χ4n) is 2.53. The molecule has 0 saturated carbocycles. The molecule has 0 aromatic heterocycles. The Balaban J connectivity index is 2.73. The first kappa shape index (κ1) is 15.8. The Labute approximate surface area is 122 Å². The van der Waals surface area contributed by atoms with Gasteiger partial charge in [-0.25, -0.2) is 13.2 Å². The Morgan fingerprint density at radius 2 is 1.24 bits per heavy atom. The lowest BCUT2D eigenvalue weighted by Gasteiger charge is -2.35. The molecule has 4 nitrogen and oxygen atoms in total. The van der Waals surface area contributed by atoms with Crippen LogP contribution in [-0.4, -0.2) is 54.5 Å². The van der Waals surface area contributed by atoms with E-state index in [0.29, 0.717) is 32.0 Å². The highest BCUT2D eigenvalue weighted by molar-refractivity contribution is 5.85. The lowest BCUT2D eigenvalue weighted by molar-refractivity contribution is 0.122. The van der Waals surface area contributed by atoms with Crippen LogP contribution in [-0.2, 0) is 4.74 Å². The minimum atomic E-state index is -1.44. The first-order valence-electron chi connectivity index (χ1n) is 6.74. The number of hydrogen-bond donors (Lipinski definition) is 0. The summed E-state index contributed by atoms with van der Waals surface area (Å²) < 4.78 is 47.6. The van der Waals surface area contributed by atoms with Crippen LogP contribution in [0.4, 0.5) is 30.2 Å². The van der Waals surface area contributed by atoms with E-state index in [4.69, 9.17) is 4.74 Å². The molecule has 1 aliphatic heterocycles. The average Bonchev–Trinajstić information content (AvgIpc) is 2.44. The second-order valence-corrected chi connectivity index (χ2v) is 5.38. The van der Waals surface area contributed by atoms with Crippen molar-refractivity contribution in [1.82, 2.24) is 0 Å². The van der Waals surface area contributed by atoms with Crippen molar-refractivity contribution in [2.24, 2.45) is 0 Å². The van der Waals surface area contributed by atoms with Gasteiger partial charge in [-0.2, -0.15) is 0 Å². The summed E-state index contributed by atoms with van der Waals surface area (Å²) in [6, 6.07) is 0. The van der Waals surface area contributed by atoms with Gasteiger partial charge in [-0.15, -0.1) is 0 Å². The van der Waals surface area contributed by atoms with Crippen molar-refractivity contribution < 1.29 is 17.9 Å². The topological polar surface area (TPSA) is 19.0 Å². The van der Waals surface area contributed by atoms with E-state index in [-0.39, 0.29) is 11.4 Å². The first-order chi connectivity index (χ1) is 9.86. The molecule has 0 aliphatic carbocycles. The smallest absolute Gasteiger partial charge is 0.198 e. The monoisotopic (exact) mass is 303 g/mol. The molecule has 2 rings (SSSR count).